The summed E-state index contributed by atoms with van der Waals surface area (Å²) in [5, 5.41) is 15.0. The van der Waals surface area contributed by atoms with Crippen molar-refractivity contribution in [3.8, 4) is 6.07 Å². The fraction of sp³-hybridized carbons (Fsp3) is 0.300. The van der Waals surface area contributed by atoms with Crippen molar-refractivity contribution in [2.75, 3.05) is 25.5 Å². The Balaban J connectivity index is 2.63. The van der Waals surface area contributed by atoms with E-state index in [9.17, 15) is 0 Å². The van der Waals surface area contributed by atoms with E-state index in [1.807, 2.05) is 19.2 Å². The first-order valence-electron chi connectivity index (χ1n) is 4.36. The number of nitrogens with one attached hydrogen (secondary N) is 2. The summed E-state index contributed by atoms with van der Waals surface area (Å²) < 4.78 is 0.828. The fourth-order valence-corrected chi connectivity index (χ4v) is 1.52. The van der Waals surface area contributed by atoms with E-state index in [1.54, 1.807) is 6.07 Å². The lowest BCUT2D eigenvalue weighted by molar-refractivity contribution is 0.824. The molecule has 74 valence electrons. The van der Waals surface area contributed by atoms with Crippen LogP contribution in [0.1, 0.15) is 5.56 Å². The van der Waals surface area contributed by atoms with Crippen LogP contribution in [-0.4, -0.2) is 20.1 Å². The van der Waals surface area contributed by atoms with Crippen LogP contribution in [-0.2, 0) is 0 Å². The Morgan fingerprint density at radius 2 is 2.21 bits per heavy atom. The molecule has 1 aromatic carbocycles. The average Bonchev–Trinajstić information content (AvgIpc) is 2.18. The van der Waals surface area contributed by atoms with E-state index in [4.69, 9.17) is 5.26 Å². The maximum absolute atomic E-state index is 8.71. The van der Waals surface area contributed by atoms with Crippen LogP contribution in [0.3, 0.4) is 0 Å². The van der Waals surface area contributed by atoms with Gasteiger partial charge in [0, 0.05) is 23.2 Å². The molecule has 0 aromatic heterocycles. The summed E-state index contributed by atoms with van der Waals surface area (Å²) in [5.74, 6) is 0. The molecule has 0 aliphatic carbocycles. The number of nitrogens with zero attached hydrogens (tertiary/aromatic N) is 1. The van der Waals surface area contributed by atoms with Gasteiger partial charge in [-0.25, -0.2) is 0 Å². The minimum atomic E-state index is 0.657. The number of rotatable bonds is 4. The highest BCUT2D eigenvalue weighted by Gasteiger charge is 1.99. The third-order valence-corrected chi connectivity index (χ3v) is 2.45. The Morgan fingerprint density at radius 1 is 1.43 bits per heavy atom. The van der Waals surface area contributed by atoms with Gasteiger partial charge in [0.2, 0.25) is 0 Å². The van der Waals surface area contributed by atoms with Crippen LogP contribution < -0.4 is 10.6 Å². The normalized spacial score (nSPS) is 9.50. The predicted octanol–water partition coefficient (Wildman–Crippen LogP) is 1.95. The van der Waals surface area contributed by atoms with Gasteiger partial charge in [0.05, 0.1) is 5.56 Å². The van der Waals surface area contributed by atoms with E-state index in [1.165, 1.54) is 0 Å². The number of halogens is 1. The van der Waals surface area contributed by atoms with E-state index in [0.29, 0.717) is 5.56 Å². The quantitative estimate of drug-likeness (QED) is 0.807. The molecule has 0 radical (unpaired) electrons. The van der Waals surface area contributed by atoms with Gasteiger partial charge in [0.25, 0.3) is 0 Å². The highest BCUT2D eigenvalue weighted by molar-refractivity contribution is 9.10. The summed E-state index contributed by atoms with van der Waals surface area (Å²) in [6.45, 7) is 1.78. The maximum atomic E-state index is 8.71. The number of benzene rings is 1. The van der Waals surface area contributed by atoms with Gasteiger partial charge in [-0.15, -0.1) is 0 Å². The summed E-state index contributed by atoms with van der Waals surface area (Å²) in [6, 6.07) is 7.71. The highest BCUT2D eigenvalue weighted by atomic mass is 79.9. The molecular weight excluding hydrogens is 242 g/mol. The Labute approximate surface area is 92.3 Å². The van der Waals surface area contributed by atoms with Crippen molar-refractivity contribution in [3.63, 3.8) is 0 Å². The van der Waals surface area contributed by atoms with Crippen LogP contribution in [0.15, 0.2) is 22.7 Å². The van der Waals surface area contributed by atoms with Crippen molar-refractivity contribution < 1.29 is 0 Å². The highest BCUT2D eigenvalue weighted by Crippen LogP contribution is 2.20. The second kappa shape index (κ2) is 5.63. The molecule has 0 bridgehead atoms. The first-order chi connectivity index (χ1) is 6.77. The summed E-state index contributed by atoms with van der Waals surface area (Å²) in [6.07, 6.45) is 0. The lowest BCUT2D eigenvalue weighted by Gasteiger charge is -2.06. The van der Waals surface area contributed by atoms with Crippen LogP contribution in [0.4, 0.5) is 5.69 Å². The minimum absolute atomic E-state index is 0.657. The van der Waals surface area contributed by atoms with Crippen LogP contribution in [0, 0.1) is 11.3 Å². The van der Waals surface area contributed by atoms with Crippen molar-refractivity contribution in [3.05, 3.63) is 28.2 Å². The number of nitriles is 1. The Bertz CT molecular complexity index is 344. The van der Waals surface area contributed by atoms with Crippen molar-refractivity contribution in [2.24, 2.45) is 0 Å². The van der Waals surface area contributed by atoms with Crippen molar-refractivity contribution in [2.45, 2.75) is 0 Å². The predicted molar refractivity (Wildman–Crippen MR) is 61.3 cm³/mol. The minimum Gasteiger partial charge on any atom is -0.384 e. The summed E-state index contributed by atoms with van der Waals surface area (Å²) in [5.41, 5.74) is 1.68. The van der Waals surface area contributed by atoms with Gasteiger partial charge in [-0.1, -0.05) is 0 Å². The van der Waals surface area contributed by atoms with Gasteiger partial charge in [-0.05, 0) is 41.2 Å². The van der Waals surface area contributed by atoms with Gasteiger partial charge in [-0.3, -0.25) is 0 Å². The molecule has 4 heteroatoms. The zero-order valence-electron chi connectivity index (χ0n) is 7.97. The first kappa shape index (κ1) is 11.0. The van der Waals surface area contributed by atoms with Gasteiger partial charge in [-0.2, -0.15) is 5.26 Å². The van der Waals surface area contributed by atoms with Gasteiger partial charge in [0.1, 0.15) is 6.07 Å². The van der Waals surface area contributed by atoms with Crippen LogP contribution >= 0.6 is 15.9 Å². The molecule has 1 rings (SSSR count). The third kappa shape index (κ3) is 3.02. The molecule has 1 aromatic rings. The smallest absolute Gasteiger partial charge is 0.100 e. The van der Waals surface area contributed by atoms with Crippen molar-refractivity contribution >= 4 is 21.6 Å². The van der Waals surface area contributed by atoms with E-state index in [2.05, 4.69) is 32.6 Å². The van der Waals surface area contributed by atoms with E-state index in [-0.39, 0.29) is 0 Å². The molecule has 3 nitrogen and oxygen atoms in total. The Morgan fingerprint density at radius 3 is 2.79 bits per heavy atom. The molecule has 0 unspecified atom stereocenters. The maximum Gasteiger partial charge on any atom is 0.100 e. The molecule has 0 saturated carbocycles. The number of hydrogen-bond acceptors (Lipinski definition) is 3. The lowest BCUT2D eigenvalue weighted by atomic mass is 10.2. The molecular formula is C10H12BrN3. The second-order valence-electron chi connectivity index (χ2n) is 2.84. The van der Waals surface area contributed by atoms with Gasteiger partial charge < -0.3 is 10.6 Å². The molecule has 0 aliphatic heterocycles. The molecule has 0 aliphatic rings. The number of likely N-dealkylation sites (N-methyl/N-ethyl adjacent to an activating group) is 1. The van der Waals surface area contributed by atoms with Crippen molar-refractivity contribution in [1.82, 2.24) is 5.32 Å². The number of hydrogen-bond donors (Lipinski definition) is 2. The Kier molecular flexibility index (Phi) is 4.44. The topological polar surface area (TPSA) is 47.8 Å². The molecule has 2 N–H and O–H groups in total. The molecule has 0 spiro atoms. The molecule has 0 heterocycles. The van der Waals surface area contributed by atoms with Crippen LogP contribution in [0.2, 0.25) is 0 Å². The zero-order chi connectivity index (χ0) is 10.4. The van der Waals surface area contributed by atoms with E-state index in [0.717, 1.165) is 23.2 Å². The molecule has 14 heavy (non-hydrogen) atoms. The average molecular weight is 254 g/mol. The standard InChI is InChI=1S/C10H12BrN3/c1-13-4-5-14-9-3-2-8(7-12)10(11)6-9/h2-3,6,13-14H,4-5H2,1H3. The second-order valence-corrected chi connectivity index (χ2v) is 3.69. The van der Waals surface area contributed by atoms with Gasteiger partial charge in [0.15, 0.2) is 0 Å². The van der Waals surface area contributed by atoms with Crippen LogP contribution in [0.25, 0.3) is 0 Å². The monoisotopic (exact) mass is 253 g/mol. The van der Waals surface area contributed by atoms with Crippen molar-refractivity contribution in [1.29, 1.82) is 5.26 Å². The molecule has 0 fully saturated rings. The number of anilines is 1. The molecule has 0 saturated heterocycles. The Hall–Kier alpha value is -1.05. The summed E-state index contributed by atoms with van der Waals surface area (Å²) >= 11 is 3.34. The summed E-state index contributed by atoms with van der Waals surface area (Å²) in [4.78, 5) is 0. The van der Waals surface area contributed by atoms with Gasteiger partial charge >= 0.3 is 0 Å². The van der Waals surface area contributed by atoms with Crippen LogP contribution in [0.5, 0.6) is 0 Å². The van der Waals surface area contributed by atoms with E-state index >= 15 is 0 Å². The van der Waals surface area contributed by atoms with E-state index < -0.39 is 0 Å². The third-order valence-electron chi connectivity index (χ3n) is 1.79. The largest absolute Gasteiger partial charge is 0.384 e. The zero-order valence-corrected chi connectivity index (χ0v) is 9.56. The summed E-state index contributed by atoms with van der Waals surface area (Å²) in [7, 11) is 1.91. The molecule has 0 amide bonds. The molecule has 0 atom stereocenters. The lowest BCUT2D eigenvalue weighted by Crippen LogP contribution is -2.17. The fourth-order valence-electron chi connectivity index (χ4n) is 1.05. The first-order valence-corrected chi connectivity index (χ1v) is 5.15. The SMILES string of the molecule is CNCCNc1ccc(C#N)c(Br)c1.